The van der Waals surface area contributed by atoms with Crippen LogP contribution in [-0.4, -0.2) is 22.3 Å². The van der Waals surface area contributed by atoms with E-state index in [-0.39, 0.29) is 5.41 Å². The zero-order valence-corrected chi connectivity index (χ0v) is 8.60. The van der Waals surface area contributed by atoms with Crippen LogP contribution in [0.4, 0.5) is 0 Å². The van der Waals surface area contributed by atoms with Crippen molar-refractivity contribution in [2.75, 3.05) is 0 Å². The first-order chi connectivity index (χ1) is 7.08. The van der Waals surface area contributed by atoms with Gasteiger partial charge in [0.25, 0.3) is 0 Å². The topological polar surface area (TPSA) is 57.5 Å². The van der Waals surface area contributed by atoms with Crippen molar-refractivity contribution in [3.8, 4) is 0 Å². The molecule has 0 radical (unpaired) electrons. The molecule has 1 saturated carbocycles. The van der Waals surface area contributed by atoms with Crippen molar-refractivity contribution in [1.29, 1.82) is 0 Å². The van der Waals surface area contributed by atoms with E-state index in [1.54, 1.807) is 19.1 Å². The number of carboxylic acid groups (broad SMARTS) is 1. The van der Waals surface area contributed by atoms with Gasteiger partial charge in [-0.3, -0.25) is 0 Å². The van der Waals surface area contributed by atoms with E-state index in [1.165, 1.54) is 0 Å². The lowest BCUT2D eigenvalue weighted by atomic mass is 9.87. The molecule has 0 bridgehead atoms. The summed E-state index contributed by atoms with van der Waals surface area (Å²) in [4.78, 5) is 11.0. The largest absolute Gasteiger partial charge is 0.478 e. The Morgan fingerprint density at radius 3 is 2.47 bits per heavy atom. The summed E-state index contributed by atoms with van der Waals surface area (Å²) in [6, 6.07) is 6.94. The lowest BCUT2D eigenvalue weighted by molar-refractivity contribution is 0.0692. The lowest BCUT2D eigenvalue weighted by Gasteiger charge is -2.20. The molecule has 2 N–H and O–H groups in total. The first kappa shape index (κ1) is 10.2. The Morgan fingerprint density at radius 2 is 2.00 bits per heavy atom. The van der Waals surface area contributed by atoms with E-state index in [0.29, 0.717) is 5.56 Å². The van der Waals surface area contributed by atoms with Crippen LogP contribution in [0.25, 0.3) is 0 Å². The van der Waals surface area contributed by atoms with Gasteiger partial charge in [0.2, 0.25) is 0 Å². The Kier molecular flexibility index (Phi) is 2.27. The van der Waals surface area contributed by atoms with E-state index in [2.05, 4.69) is 0 Å². The molecule has 2 rings (SSSR count). The summed E-state index contributed by atoms with van der Waals surface area (Å²) in [5.74, 6) is -0.919. The normalized spacial score (nSPS) is 19.6. The highest BCUT2D eigenvalue weighted by molar-refractivity contribution is 5.90. The molecule has 0 saturated heterocycles. The first-order valence-electron chi connectivity index (χ1n) is 5.09. The summed E-state index contributed by atoms with van der Waals surface area (Å²) < 4.78 is 0. The Morgan fingerprint density at radius 1 is 1.40 bits per heavy atom. The van der Waals surface area contributed by atoms with E-state index in [0.717, 1.165) is 18.4 Å². The Labute approximate surface area is 88.4 Å². The molecule has 0 aliphatic heterocycles. The van der Waals surface area contributed by atoms with Crippen LogP contribution in [-0.2, 0) is 5.41 Å². The summed E-state index contributed by atoms with van der Waals surface area (Å²) in [5.41, 5.74) is 0.776. The highest BCUT2D eigenvalue weighted by Crippen LogP contribution is 2.51. The second kappa shape index (κ2) is 3.35. The van der Waals surface area contributed by atoms with E-state index >= 15 is 0 Å². The van der Waals surface area contributed by atoms with E-state index < -0.39 is 12.1 Å². The van der Waals surface area contributed by atoms with Crippen LogP contribution in [0, 0.1) is 0 Å². The van der Waals surface area contributed by atoms with Gasteiger partial charge in [0.05, 0.1) is 11.7 Å². The highest BCUT2D eigenvalue weighted by atomic mass is 16.4. The van der Waals surface area contributed by atoms with Crippen molar-refractivity contribution < 1.29 is 15.0 Å². The third-order valence-corrected chi connectivity index (χ3v) is 3.28. The van der Waals surface area contributed by atoms with Crippen LogP contribution in [0.5, 0.6) is 0 Å². The van der Waals surface area contributed by atoms with Crippen molar-refractivity contribution in [2.45, 2.75) is 31.3 Å². The van der Waals surface area contributed by atoms with E-state index in [1.807, 2.05) is 12.1 Å². The van der Waals surface area contributed by atoms with Crippen LogP contribution in [0.15, 0.2) is 24.3 Å². The number of aromatic carboxylic acids is 1. The number of carbonyl (C=O) groups is 1. The zero-order valence-electron chi connectivity index (χ0n) is 8.60. The molecule has 15 heavy (non-hydrogen) atoms. The molecule has 0 heterocycles. The van der Waals surface area contributed by atoms with E-state index in [4.69, 9.17) is 5.11 Å². The Hall–Kier alpha value is -1.35. The maximum absolute atomic E-state index is 11.0. The molecule has 80 valence electrons. The molecule has 1 aliphatic carbocycles. The molecule has 0 spiro atoms. The fourth-order valence-electron chi connectivity index (χ4n) is 2.15. The van der Waals surface area contributed by atoms with E-state index in [9.17, 15) is 9.90 Å². The SMILES string of the molecule is CC(O)C1(c2ccccc2C(=O)O)CC1. The van der Waals surface area contributed by atoms with Gasteiger partial charge in [-0.1, -0.05) is 18.2 Å². The summed E-state index contributed by atoms with van der Waals surface area (Å²) in [7, 11) is 0. The van der Waals surface area contributed by atoms with Crippen molar-refractivity contribution >= 4 is 5.97 Å². The minimum Gasteiger partial charge on any atom is -0.478 e. The zero-order chi connectivity index (χ0) is 11.1. The third-order valence-electron chi connectivity index (χ3n) is 3.28. The second-order valence-corrected chi connectivity index (χ2v) is 4.18. The van der Waals surface area contributed by atoms with Gasteiger partial charge in [0.1, 0.15) is 0 Å². The van der Waals surface area contributed by atoms with Crippen molar-refractivity contribution in [2.24, 2.45) is 0 Å². The summed E-state index contributed by atoms with van der Waals surface area (Å²) in [5, 5.41) is 18.8. The quantitative estimate of drug-likeness (QED) is 0.792. The van der Waals surface area contributed by atoms with Gasteiger partial charge < -0.3 is 10.2 Å². The number of hydrogen-bond donors (Lipinski definition) is 2. The van der Waals surface area contributed by atoms with Crippen molar-refractivity contribution in [3.05, 3.63) is 35.4 Å². The molecule has 1 fully saturated rings. The maximum atomic E-state index is 11.0. The number of rotatable bonds is 3. The number of benzene rings is 1. The second-order valence-electron chi connectivity index (χ2n) is 4.18. The molecule has 0 amide bonds. The van der Waals surface area contributed by atoms with Gasteiger partial charge in [-0.15, -0.1) is 0 Å². The third kappa shape index (κ3) is 1.53. The number of aliphatic hydroxyl groups is 1. The highest BCUT2D eigenvalue weighted by Gasteiger charge is 2.49. The predicted molar refractivity (Wildman–Crippen MR) is 56.0 cm³/mol. The van der Waals surface area contributed by atoms with Gasteiger partial charge in [0.15, 0.2) is 0 Å². The Bertz CT molecular complexity index is 392. The van der Waals surface area contributed by atoms with Gasteiger partial charge in [-0.05, 0) is 31.4 Å². The maximum Gasteiger partial charge on any atom is 0.335 e. The molecule has 1 atom stereocenters. The van der Waals surface area contributed by atoms with Crippen LogP contribution in [0.3, 0.4) is 0 Å². The molecular weight excluding hydrogens is 192 g/mol. The van der Waals surface area contributed by atoms with Crippen molar-refractivity contribution in [1.82, 2.24) is 0 Å². The fourth-order valence-corrected chi connectivity index (χ4v) is 2.15. The first-order valence-corrected chi connectivity index (χ1v) is 5.09. The molecule has 0 aromatic heterocycles. The predicted octanol–water partition coefficient (Wildman–Crippen LogP) is 1.80. The minimum absolute atomic E-state index is 0.311. The van der Waals surface area contributed by atoms with Crippen molar-refractivity contribution in [3.63, 3.8) is 0 Å². The lowest BCUT2D eigenvalue weighted by Crippen LogP contribution is -2.25. The van der Waals surface area contributed by atoms with Gasteiger partial charge in [-0.2, -0.15) is 0 Å². The smallest absolute Gasteiger partial charge is 0.335 e. The number of carboxylic acids is 1. The average molecular weight is 206 g/mol. The van der Waals surface area contributed by atoms with Gasteiger partial charge >= 0.3 is 5.97 Å². The Balaban J connectivity index is 2.49. The molecule has 1 unspecified atom stereocenters. The van der Waals surface area contributed by atoms with Gasteiger partial charge in [-0.25, -0.2) is 4.79 Å². The summed E-state index contributed by atoms with van der Waals surface area (Å²) in [6.45, 7) is 1.73. The summed E-state index contributed by atoms with van der Waals surface area (Å²) in [6.07, 6.45) is 1.25. The minimum atomic E-state index is -0.919. The molecule has 3 heteroatoms. The summed E-state index contributed by atoms with van der Waals surface area (Å²) >= 11 is 0. The average Bonchev–Trinajstić information content (AvgIpc) is 2.98. The number of hydrogen-bond acceptors (Lipinski definition) is 2. The molecule has 3 nitrogen and oxygen atoms in total. The molecular formula is C12H14O3. The standard InChI is InChI=1S/C12H14O3/c1-8(13)12(6-7-12)10-5-3-2-4-9(10)11(14)15/h2-5,8,13H,6-7H2,1H3,(H,14,15). The number of aliphatic hydroxyl groups excluding tert-OH is 1. The molecule has 1 aromatic rings. The molecule has 1 aliphatic rings. The monoisotopic (exact) mass is 206 g/mol. The van der Waals surface area contributed by atoms with Crippen LogP contribution < -0.4 is 0 Å². The van der Waals surface area contributed by atoms with Crippen LogP contribution in [0.1, 0.15) is 35.7 Å². The van der Waals surface area contributed by atoms with Crippen LogP contribution >= 0.6 is 0 Å². The van der Waals surface area contributed by atoms with Gasteiger partial charge in [0, 0.05) is 5.41 Å². The fraction of sp³-hybridized carbons (Fsp3) is 0.417. The van der Waals surface area contributed by atoms with Crippen LogP contribution in [0.2, 0.25) is 0 Å². The molecule has 1 aromatic carbocycles.